The van der Waals surface area contributed by atoms with Crippen molar-refractivity contribution in [3.63, 3.8) is 0 Å². The van der Waals surface area contributed by atoms with Crippen molar-refractivity contribution < 1.29 is 15.0 Å². The molecule has 0 radical (unpaired) electrons. The second-order valence-corrected chi connectivity index (χ2v) is 6.16. The molecule has 4 aromatic carbocycles. The normalized spacial score (nSPS) is 11.3. The number of aromatic hydroxyl groups is 2. The lowest BCUT2D eigenvalue weighted by atomic mass is 10.0. The highest BCUT2D eigenvalue weighted by Gasteiger charge is 2.06. The number of rotatable bonds is 3. The Morgan fingerprint density at radius 2 is 1.59 bits per heavy atom. The van der Waals surface area contributed by atoms with Crippen LogP contribution in [0.25, 0.3) is 21.5 Å². The molecule has 0 atom stereocenters. The average Bonchev–Trinajstić information content (AvgIpc) is 2.69. The summed E-state index contributed by atoms with van der Waals surface area (Å²) >= 11 is 0. The van der Waals surface area contributed by atoms with Gasteiger partial charge in [-0.05, 0) is 52.6 Å². The van der Waals surface area contributed by atoms with Gasteiger partial charge in [-0.3, -0.25) is 4.79 Å². The minimum atomic E-state index is -0.329. The van der Waals surface area contributed by atoms with Crippen molar-refractivity contribution in [2.45, 2.75) is 0 Å². The third-order valence-electron chi connectivity index (χ3n) is 4.39. The first kappa shape index (κ1) is 16.6. The van der Waals surface area contributed by atoms with Crippen LogP contribution in [0, 0.1) is 0 Å². The molecule has 0 aliphatic carbocycles. The number of hydrogen-bond donors (Lipinski definition) is 3. The molecule has 0 spiro atoms. The molecule has 0 bridgehead atoms. The van der Waals surface area contributed by atoms with Gasteiger partial charge in [-0.25, -0.2) is 5.43 Å². The summed E-state index contributed by atoms with van der Waals surface area (Å²) in [5, 5.41) is 26.8. The predicted molar refractivity (Wildman–Crippen MR) is 106 cm³/mol. The van der Waals surface area contributed by atoms with E-state index in [1.165, 1.54) is 0 Å². The molecule has 0 aliphatic heterocycles. The van der Waals surface area contributed by atoms with Crippen molar-refractivity contribution in [3.8, 4) is 11.5 Å². The van der Waals surface area contributed by atoms with Crippen LogP contribution in [0.15, 0.2) is 77.9 Å². The summed E-state index contributed by atoms with van der Waals surface area (Å²) in [5.74, 6) is 0.0590. The first-order chi connectivity index (χ1) is 13.1. The van der Waals surface area contributed by atoms with Gasteiger partial charge in [0.25, 0.3) is 5.91 Å². The number of carbonyl (C=O) groups excluding carboxylic acids is 1. The molecule has 5 nitrogen and oxygen atoms in total. The zero-order chi connectivity index (χ0) is 18.8. The highest BCUT2D eigenvalue weighted by atomic mass is 16.3. The molecular formula is C22H16N2O3. The van der Waals surface area contributed by atoms with Crippen LogP contribution in [0.4, 0.5) is 0 Å². The van der Waals surface area contributed by atoms with E-state index >= 15 is 0 Å². The molecule has 5 heteroatoms. The van der Waals surface area contributed by atoms with Crippen LogP contribution in [0.2, 0.25) is 0 Å². The van der Waals surface area contributed by atoms with Gasteiger partial charge < -0.3 is 10.2 Å². The summed E-state index contributed by atoms with van der Waals surface area (Å²) in [5.41, 5.74) is 3.78. The number of phenols is 2. The van der Waals surface area contributed by atoms with E-state index in [2.05, 4.69) is 10.5 Å². The fourth-order valence-electron chi connectivity index (χ4n) is 3.02. The Morgan fingerprint density at radius 1 is 0.852 bits per heavy atom. The lowest BCUT2D eigenvalue weighted by molar-refractivity contribution is 0.0955. The fraction of sp³-hybridized carbons (Fsp3) is 0. The third-order valence-corrected chi connectivity index (χ3v) is 4.39. The highest BCUT2D eigenvalue weighted by molar-refractivity contribution is 6.03. The van der Waals surface area contributed by atoms with Gasteiger partial charge >= 0.3 is 0 Å². The maximum Gasteiger partial charge on any atom is 0.271 e. The van der Waals surface area contributed by atoms with Crippen LogP contribution in [-0.4, -0.2) is 22.3 Å². The Kier molecular flexibility index (Phi) is 4.18. The summed E-state index contributed by atoms with van der Waals surface area (Å²) in [6.07, 6.45) is 1.55. The molecule has 4 rings (SSSR count). The Hall–Kier alpha value is -3.86. The number of amides is 1. The number of hydrogen-bond acceptors (Lipinski definition) is 4. The fourth-order valence-corrected chi connectivity index (χ4v) is 3.02. The van der Waals surface area contributed by atoms with Gasteiger partial charge in [0, 0.05) is 16.5 Å². The topological polar surface area (TPSA) is 81.9 Å². The van der Waals surface area contributed by atoms with Crippen LogP contribution < -0.4 is 5.43 Å². The molecule has 3 N–H and O–H groups in total. The van der Waals surface area contributed by atoms with E-state index in [9.17, 15) is 15.0 Å². The maximum absolute atomic E-state index is 12.3. The average molecular weight is 356 g/mol. The number of phenolic OH excluding ortho intramolecular Hbond substituents is 2. The number of carbonyl (C=O) groups is 1. The van der Waals surface area contributed by atoms with Gasteiger partial charge in [-0.15, -0.1) is 0 Å². The number of benzene rings is 4. The smallest absolute Gasteiger partial charge is 0.271 e. The standard InChI is InChI=1S/C22H16N2O3/c25-18-9-7-14-11-16(6-5-15(14)12-18)22(27)24-23-13-17-8-10-21(26)20-4-2-1-3-19(17)20/h1-13,25-26H,(H,24,27)/b23-13+. The van der Waals surface area contributed by atoms with Crippen molar-refractivity contribution in [1.82, 2.24) is 5.43 Å². The lowest BCUT2D eigenvalue weighted by Crippen LogP contribution is -2.17. The monoisotopic (exact) mass is 356 g/mol. The van der Waals surface area contributed by atoms with E-state index in [0.717, 1.165) is 27.1 Å². The molecule has 132 valence electrons. The van der Waals surface area contributed by atoms with Crippen molar-refractivity contribution in [1.29, 1.82) is 0 Å². The Bertz CT molecular complexity index is 1200. The zero-order valence-electron chi connectivity index (χ0n) is 14.3. The molecule has 0 saturated carbocycles. The van der Waals surface area contributed by atoms with Gasteiger partial charge in [0.15, 0.2) is 0 Å². The van der Waals surface area contributed by atoms with Crippen LogP contribution >= 0.6 is 0 Å². The first-order valence-corrected chi connectivity index (χ1v) is 8.39. The summed E-state index contributed by atoms with van der Waals surface area (Å²) in [6, 6.07) is 21.0. The second kappa shape index (κ2) is 6.80. The minimum absolute atomic E-state index is 0.186. The molecule has 0 saturated heterocycles. The zero-order valence-corrected chi connectivity index (χ0v) is 14.3. The Morgan fingerprint density at radius 3 is 2.44 bits per heavy atom. The summed E-state index contributed by atoms with van der Waals surface area (Å²) in [6.45, 7) is 0. The predicted octanol–water partition coefficient (Wildman–Crippen LogP) is 4.17. The highest BCUT2D eigenvalue weighted by Crippen LogP contribution is 2.26. The van der Waals surface area contributed by atoms with Crippen molar-refractivity contribution in [2.24, 2.45) is 5.10 Å². The molecule has 4 aromatic rings. The molecule has 0 unspecified atom stereocenters. The van der Waals surface area contributed by atoms with Gasteiger partial charge in [0.05, 0.1) is 6.21 Å². The van der Waals surface area contributed by atoms with Crippen LogP contribution in [0.3, 0.4) is 0 Å². The molecule has 1 amide bonds. The van der Waals surface area contributed by atoms with Crippen molar-refractivity contribution in [2.75, 3.05) is 0 Å². The second-order valence-electron chi connectivity index (χ2n) is 6.16. The van der Waals surface area contributed by atoms with E-state index < -0.39 is 0 Å². The SMILES string of the molecule is O=C(N/N=C/c1ccc(O)c2ccccc12)c1ccc2cc(O)ccc2c1. The summed E-state index contributed by atoms with van der Waals surface area (Å²) in [7, 11) is 0. The van der Waals surface area contributed by atoms with Crippen LogP contribution in [0.5, 0.6) is 11.5 Å². The number of fused-ring (bicyclic) bond motifs is 2. The van der Waals surface area contributed by atoms with E-state index in [0.29, 0.717) is 5.56 Å². The minimum Gasteiger partial charge on any atom is -0.508 e. The molecule has 0 aromatic heterocycles. The molecule has 0 fully saturated rings. The molecule has 27 heavy (non-hydrogen) atoms. The number of hydrazone groups is 1. The van der Waals surface area contributed by atoms with Gasteiger partial charge in [0.1, 0.15) is 11.5 Å². The van der Waals surface area contributed by atoms with Gasteiger partial charge in [0.2, 0.25) is 0 Å². The number of nitrogens with one attached hydrogen (secondary N) is 1. The lowest BCUT2D eigenvalue weighted by Gasteiger charge is -2.05. The van der Waals surface area contributed by atoms with Crippen molar-refractivity contribution in [3.05, 3.63) is 83.9 Å². The quantitative estimate of drug-likeness (QED) is 0.381. The van der Waals surface area contributed by atoms with E-state index in [1.54, 1.807) is 54.7 Å². The Labute approximate surface area is 155 Å². The molecular weight excluding hydrogens is 340 g/mol. The van der Waals surface area contributed by atoms with E-state index in [4.69, 9.17) is 0 Å². The van der Waals surface area contributed by atoms with Gasteiger partial charge in [-0.1, -0.05) is 36.4 Å². The van der Waals surface area contributed by atoms with Crippen molar-refractivity contribution >= 4 is 33.7 Å². The van der Waals surface area contributed by atoms with E-state index in [1.807, 2.05) is 24.3 Å². The van der Waals surface area contributed by atoms with Crippen LogP contribution in [-0.2, 0) is 0 Å². The van der Waals surface area contributed by atoms with Crippen LogP contribution in [0.1, 0.15) is 15.9 Å². The summed E-state index contributed by atoms with van der Waals surface area (Å²) in [4.78, 5) is 12.3. The maximum atomic E-state index is 12.3. The Balaban J connectivity index is 1.56. The molecule has 0 aliphatic rings. The summed E-state index contributed by atoms with van der Waals surface area (Å²) < 4.78 is 0. The largest absolute Gasteiger partial charge is 0.508 e. The number of nitrogens with zero attached hydrogens (tertiary/aromatic N) is 1. The van der Waals surface area contributed by atoms with Gasteiger partial charge in [-0.2, -0.15) is 5.10 Å². The first-order valence-electron chi connectivity index (χ1n) is 8.39. The van der Waals surface area contributed by atoms with E-state index in [-0.39, 0.29) is 17.4 Å². The third kappa shape index (κ3) is 3.30. The molecule has 0 heterocycles.